The highest BCUT2D eigenvalue weighted by molar-refractivity contribution is 5.49. The highest BCUT2D eigenvalue weighted by Gasteiger charge is 2.15. The number of rotatable bonds is 7. The van der Waals surface area contributed by atoms with Crippen molar-refractivity contribution in [3.8, 4) is 5.75 Å². The maximum atomic E-state index is 12.5. The average molecular weight is 321 g/mol. The lowest BCUT2D eigenvalue weighted by Crippen LogP contribution is -2.11. The zero-order valence-corrected chi connectivity index (χ0v) is 13.2. The van der Waals surface area contributed by atoms with E-state index in [-0.39, 0.29) is 18.4 Å². The predicted molar refractivity (Wildman–Crippen MR) is 87.1 cm³/mol. The summed E-state index contributed by atoms with van der Waals surface area (Å²) < 4.78 is 29.7. The Kier molecular flexibility index (Phi) is 5.93. The number of ether oxygens (including phenoxy) is 1. The zero-order chi connectivity index (χ0) is 16.8. The number of aliphatic hydroxyl groups is 1. The van der Waals surface area contributed by atoms with Crippen molar-refractivity contribution in [2.24, 2.45) is 0 Å². The monoisotopic (exact) mass is 321 g/mol. The Morgan fingerprint density at radius 3 is 2.43 bits per heavy atom. The van der Waals surface area contributed by atoms with Gasteiger partial charge in [0.05, 0.1) is 6.04 Å². The SMILES string of the molecule is Cc1ccc(OC(F)F)c(C(C)Nc2ccc(CCO)cc2)c1. The van der Waals surface area contributed by atoms with Crippen molar-refractivity contribution < 1.29 is 18.6 Å². The summed E-state index contributed by atoms with van der Waals surface area (Å²) in [5, 5.41) is 12.2. The summed E-state index contributed by atoms with van der Waals surface area (Å²) in [5.74, 6) is 0.183. The van der Waals surface area contributed by atoms with E-state index in [9.17, 15) is 8.78 Å². The molecule has 0 saturated heterocycles. The molecule has 0 amide bonds. The van der Waals surface area contributed by atoms with Gasteiger partial charge in [-0.1, -0.05) is 29.8 Å². The molecule has 2 rings (SSSR count). The quantitative estimate of drug-likeness (QED) is 0.799. The van der Waals surface area contributed by atoms with E-state index in [1.54, 1.807) is 12.1 Å². The number of nitrogens with one attached hydrogen (secondary N) is 1. The highest BCUT2D eigenvalue weighted by Crippen LogP contribution is 2.30. The van der Waals surface area contributed by atoms with Crippen LogP contribution in [0.1, 0.15) is 29.7 Å². The lowest BCUT2D eigenvalue weighted by Gasteiger charge is -2.20. The average Bonchev–Trinajstić information content (AvgIpc) is 2.51. The van der Waals surface area contributed by atoms with Gasteiger partial charge in [-0.15, -0.1) is 0 Å². The molecule has 0 aromatic heterocycles. The molecule has 1 atom stereocenters. The van der Waals surface area contributed by atoms with Gasteiger partial charge in [-0.05, 0) is 44.0 Å². The molecule has 0 fully saturated rings. The first-order valence-corrected chi connectivity index (χ1v) is 7.51. The molecule has 0 spiro atoms. The number of aliphatic hydroxyl groups excluding tert-OH is 1. The third-order valence-corrected chi connectivity index (χ3v) is 3.59. The van der Waals surface area contributed by atoms with E-state index in [4.69, 9.17) is 5.11 Å². The first-order valence-electron chi connectivity index (χ1n) is 7.51. The molecule has 23 heavy (non-hydrogen) atoms. The van der Waals surface area contributed by atoms with Crippen LogP contribution in [-0.2, 0) is 6.42 Å². The van der Waals surface area contributed by atoms with Gasteiger partial charge in [0, 0.05) is 17.9 Å². The largest absolute Gasteiger partial charge is 0.434 e. The normalized spacial score (nSPS) is 12.3. The van der Waals surface area contributed by atoms with Crippen molar-refractivity contribution in [3.05, 3.63) is 59.2 Å². The van der Waals surface area contributed by atoms with Gasteiger partial charge in [0.25, 0.3) is 0 Å². The zero-order valence-electron chi connectivity index (χ0n) is 13.2. The molecular formula is C18H21F2NO2. The Bertz CT molecular complexity index is 629. The van der Waals surface area contributed by atoms with Gasteiger partial charge in [0.15, 0.2) is 0 Å². The first-order chi connectivity index (χ1) is 11.0. The lowest BCUT2D eigenvalue weighted by atomic mass is 10.0. The second-order valence-corrected chi connectivity index (χ2v) is 5.46. The Labute approximate surface area is 134 Å². The van der Waals surface area contributed by atoms with Crippen molar-refractivity contribution in [2.75, 3.05) is 11.9 Å². The van der Waals surface area contributed by atoms with Crippen molar-refractivity contribution in [1.82, 2.24) is 0 Å². The molecule has 0 heterocycles. The van der Waals surface area contributed by atoms with Gasteiger partial charge >= 0.3 is 6.61 Å². The van der Waals surface area contributed by atoms with Gasteiger partial charge in [-0.25, -0.2) is 0 Å². The van der Waals surface area contributed by atoms with E-state index in [0.717, 1.165) is 16.8 Å². The topological polar surface area (TPSA) is 41.5 Å². The summed E-state index contributed by atoms with van der Waals surface area (Å²) >= 11 is 0. The Balaban J connectivity index is 2.16. The van der Waals surface area contributed by atoms with Crippen LogP contribution < -0.4 is 10.1 Å². The molecular weight excluding hydrogens is 300 g/mol. The summed E-state index contributed by atoms with van der Waals surface area (Å²) in [7, 11) is 0. The Morgan fingerprint density at radius 1 is 1.13 bits per heavy atom. The van der Waals surface area contributed by atoms with Gasteiger partial charge in [0.1, 0.15) is 5.75 Å². The second kappa shape index (κ2) is 7.92. The maximum Gasteiger partial charge on any atom is 0.387 e. The van der Waals surface area contributed by atoms with Crippen LogP contribution in [0.25, 0.3) is 0 Å². The van der Waals surface area contributed by atoms with E-state index in [0.29, 0.717) is 12.0 Å². The smallest absolute Gasteiger partial charge is 0.387 e. The fourth-order valence-electron chi connectivity index (χ4n) is 2.43. The van der Waals surface area contributed by atoms with Gasteiger partial charge < -0.3 is 15.2 Å². The summed E-state index contributed by atoms with van der Waals surface area (Å²) in [5.41, 5.74) is 3.59. The van der Waals surface area contributed by atoms with Crippen molar-refractivity contribution in [1.29, 1.82) is 0 Å². The molecule has 2 aromatic carbocycles. The number of hydrogen-bond donors (Lipinski definition) is 2. The number of hydrogen-bond acceptors (Lipinski definition) is 3. The van der Waals surface area contributed by atoms with Crippen molar-refractivity contribution >= 4 is 5.69 Å². The molecule has 0 aliphatic carbocycles. The van der Waals surface area contributed by atoms with E-state index >= 15 is 0 Å². The lowest BCUT2D eigenvalue weighted by molar-refractivity contribution is -0.0505. The number of aryl methyl sites for hydroxylation is 1. The van der Waals surface area contributed by atoms with Crippen molar-refractivity contribution in [3.63, 3.8) is 0 Å². The van der Waals surface area contributed by atoms with Crippen LogP contribution >= 0.6 is 0 Å². The van der Waals surface area contributed by atoms with Crippen LogP contribution in [0.5, 0.6) is 5.75 Å². The third-order valence-electron chi connectivity index (χ3n) is 3.59. The maximum absolute atomic E-state index is 12.5. The summed E-state index contributed by atoms with van der Waals surface area (Å²) in [6.07, 6.45) is 0.611. The number of anilines is 1. The molecule has 3 nitrogen and oxygen atoms in total. The molecule has 0 bridgehead atoms. The van der Waals surface area contributed by atoms with Crippen LogP contribution in [-0.4, -0.2) is 18.3 Å². The summed E-state index contributed by atoms with van der Waals surface area (Å²) in [6, 6.07) is 12.6. The van der Waals surface area contributed by atoms with E-state index in [1.165, 1.54) is 0 Å². The Morgan fingerprint density at radius 2 is 1.83 bits per heavy atom. The minimum absolute atomic E-state index is 0.112. The van der Waals surface area contributed by atoms with E-state index < -0.39 is 6.61 Å². The third kappa shape index (κ3) is 4.93. The summed E-state index contributed by atoms with van der Waals surface area (Å²) in [4.78, 5) is 0. The van der Waals surface area contributed by atoms with E-state index in [2.05, 4.69) is 10.1 Å². The summed E-state index contributed by atoms with van der Waals surface area (Å²) in [6.45, 7) is 1.07. The molecule has 124 valence electrons. The fourth-order valence-corrected chi connectivity index (χ4v) is 2.43. The predicted octanol–water partition coefficient (Wildman–Crippen LogP) is 4.30. The number of benzene rings is 2. The molecule has 5 heteroatoms. The van der Waals surface area contributed by atoms with Gasteiger partial charge in [0.2, 0.25) is 0 Å². The molecule has 1 unspecified atom stereocenters. The van der Waals surface area contributed by atoms with Crippen LogP contribution in [0, 0.1) is 6.92 Å². The number of alkyl halides is 2. The molecule has 0 saturated carbocycles. The molecule has 2 N–H and O–H groups in total. The van der Waals surface area contributed by atoms with Crippen LogP contribution in [0.4, 0.5) is 14.5 Å². The Hall–Kier alpha value is -2.14. The fraction of sp³-hybridized carbons (Fsp3) is 0.333. The number of halogens is 2. The van der Waals surface area contributed by atoms with Gasteiger partial charge in [-0.3, -0.25) is 0 Å². The minimum Gasteiger partial charge on any atom is -0.434 e. The standard InChI is InChI=1S/C18H21F2NO2/c1-12-3-8-17(23-18(19)20)16(11-12)13(2)21-15-6-4-14(5-7-15)9-10-22/h3-8,11,13,18,21-22H,9-10H2,1-2H3. The van der Waals surface area contributed by atoms with Crippen LogP contribution in [0.3, 0.4) is 0 Å². The molecule has 0 aliphatic rings. The molecule has 0 radical (unpaired) electrons. The highest BCUT2D eigenvalue weighted by atomic mass is 19.3. The first kappa shape index (κ1) is 17.2. The minimum atomic E-state index is -2.85. The van der Waals surface area contributed by atoms with Crippen molar-refractivity contribution in [2.45, 2.75) is 32.9 Å². The van der Waals surface area contributed by atoms with Crippen LogP contribution in [0.15, 0.2) is 42.5 Å². The van der Waals surface area contributed by atoms with E-state index in [1.807, 2.05) is 44.2 Å². The molecule has 0 aliphatic heterocycles. The van der Waals surface area contributed by atoms with Crippen LogP contribution in [0.2, 0.25) is 0 Å². The molecule has 2 aromatic rings. The van der Waals surface area contributed by atoms with Gasteiger partial charge in [-0.2, -0.15) is 8.78 Å². The second-order valence-electron chi connectivity index (χ2n) is 5.46.